The third kappa shape index (κ3) is 1.10. The molecule has 0 spiro atoms. The summed E-state index contributed by atoms with van der Waals surface area (Å²) in [6, 6.07) is 3.67. The molecule has 0 aliphatic carbocycles. The molecule has 1 aromatic rings. The van der Waals surface area contributed by atoms with E-state index < -0.39 is 0 Å². The molecule has 0 radical (unpaired) electrons. The fourth-order valence-corrected chi connectivity index (χ4v) is 2.33. The van der Waals surface area contributed by atoms with Gasteiger partial charge in [-0.1, -0.05) is 0 Å². The van der Waals surface area contributed by atoms with Crippen molar-refractivity contribution in [1.29, 1.82) is 0 Å². The summed E-state index contributed by atoms with van der Waals surface area (Å²) in [5.41, 5.74) is 3.22. The predicted octanol–water partition coefficient (Wildman–Crippen LogP) is 1.27. The number of anilines is 1. The van der Waals surface area contributed by atoms with Crippen LogP contribution in [0.1, 0.15) is 32.7 Å². The number of benzene rings is 1. The van der Waals surface area contributed by atoms with Crippen LogP contribution in [0.4, 0.5) is 5.69 Å². The largest absolute Gasteiger partial charge is 0.385 e. The average Bonchev–Trinajstić information content (AvgIpc) is 2.52. The van der Waals surface area contributed by atoms with Crippen LogP contribution in [-0.4, -0.2) is 30.3 Å². The Balaban J connectivity index is 2.20. The molecule has 1 aromatic carbocycles. The smallest absolute Gasteiger partial charge is 0.261 e. The lowest BCUT2D eigenvalue weighted by molar-refractivity contribution is 0.0693. The van der Waals surface area contributed by atoms with Gasteiger partial charge in [0.05, 0.1) is 11.1 Å². The van der Waals surface area contributed by atoms with Crippen LogP contribution in [0.2, 0.25) is 0 Å². The predicted molar refractivity (Wildman–Crippen MR) is 59.7 cm³/mol. The molecular formula is C12H12N2O2. The summed E-state index contributed by atoms with van der Waals surface area (Å²) >= 11 is 0. The second-order valence-electron chi connectivity index (χ2n) is 4.25. The molecular weight excluding hydrogens is 204 g/mol. The first kappa shape index (κ1) is 9.39. The van der Waals surface area contributed by atoms with Crippen LogP contribution in [0.5, 0.6) is 0 Å². The molecule has 0 atom stereocenters. The SMILES string of the molecule is CN1C(=O)c2cc3c(cc2C1=O)NCCC3. The van der Waals surface area contributed by atoms with E-state index in [1.54, 1.807) is 0 Å². The van der Waals surface area contributed by atoms with Crippen molar-refractivity contribution in [3.05, 3.63) is 28.8 Å². The molecule has 3 rings (SSSR count). The molecule has 82 valence electrons. The number of hydrogen-bond acceptors (Lipinski definition) is 3. The lowest BCUT2D eigenvalue weighted by atomic mass is 9.98. The Kier molecular flexibility index (Phi) is 1.80. The maximum Gasteiger partial charge on any atom is 0.261 e. The molecule has 16 heavy (non-hydrogen) atoms. The van der Waals surface area contributed by atoms with Crippen LogP contribution in [0.15, 0.2) is 12.1 Å². The fourth-order valence-electron chi connectivity index (χ4n) is 2.33. The molecule has 2 heterocycles. The van der Waals surface area contributed by atoms with Gasteiger partial charge in [0.25, 0.3) is 11.8 Å². The van der Waals surface area contributed by atoms with E-state index in [1.165, 1.54) is 11.9 Å². The first-order valence-electron chi connectivity index (χ1n) is 5.41. The minimum atomic E-state index is -0.199. The molecule has 4 heteroatoms. The minimum absolute atomic E-state index is 0.187. The zero-order valence-electron chi connectivity index (χ0n) is 9.04. The molecule has 0 aromatic heterocycles. The standard InChI is InChI=1S/C12H12N2O2/c1-14-11(15)8-5-7-3-2-4-13-10(7)6-9(8)12(14)16/h5-6,13H,2-4H2,1H3. The van der Waals surface area contributed by atoms with Crippen molar-refractivity contribution in [3.63, 3.8) is 0 Å². The van der Waals surface area contributed by atoms with Crippen LogP contribution in [-0.2, 0) is 6.42 Å². The summed E-state index contributed by atoms with van der Waals surface area (Å²) in [5, 5.41) is 3.26. The Bertz CT molecular complexity index is 463. The van der Waals surface area contributed by atoms with Crippen LogP contribution in [0.3, 0.4) is 0 Å². The van der Waals surface area contributed by atoms with Gasteiger partial charge in [-0.05, 0) is 30.5 Å². The van der Waals surface area contributed by atoms with Crippen molar-refractivity contribution in [3.8, 4) is 0 Å². The molecule has 2 amide bonds. The molecule has 4 nitrogen and oxygen atoms in total. The van der Waals surface area contributed by atoms with E-state index in [9.17, 15) is 9.59 Å². The summed E-state index contributed by atoms with van der Waals surface area (Å²) in [4.78, 5) is 24.7. The molecule has 0 saturated carbocycles. The number of amides is 2. The molecule has 0 fully saturated rings. The van der Waals surface area contributed by atoms with Gasteiger partial charge < -0.3 is 5.32 Å². The van der Waals surface area contributed by atoms with Gasteiger partial charge in [-0.2, -0.15) is 0 Å². The van der Waals surface area contributed by atoms with Crippen molar-refractivity contribution in [1.82, 2.24) is 4.90 Å². The summed E-state index contributed by atoms with van der Waals surface area (Å²) in [6.45, 7) is 0.934. The normalized spacial score (nSPS) is 18.2. The number of carbonyl (C=O) groups excluding carboxylic acids is 2. The van der Waals surface area contributed by atoms with Crippen LogP contribution < -0.4 is 5.32 Å². The summed E-state index contributed by atoms with van der Waals surface area (Å²) < 4.78 is 0. The first-order chi connectivity index (χ1) is 7.68. The highest BCUT2D eigenvalue weighted by Gasteiger charge is 2.33. The first-order valence-corrected chi connectivity index (χ1v) is 5.41. The van der Waals surface area contributed by atoms with Gasteiger partial charge in [0.15, 0.2) is 0 Å². The number of nitrogens with one attached hydrogen (secondary N) is 1. The highest BCUT2D eigenvalue weighted by atomic mass is 16.2. The number of hydrogen-bond donors (Lipinski definition) is 1. The highest BCUT2D eigenvalue weighted by molar-refractivity contribution is 6.21. The quantitative estimate of drug-likeness (QED) is 0.664. The molecule has 0 unspecified atom stereocenters. The van der Waals surface area contributed by atoms with Gasteiger partial charge in [-0.3, -0.25) is 14.5 Å². The van der Waals surface area contributed by atoms with E-state index in [4.69, 9.17) is 0 Å². The molecule has 0 saturated heterocycles. The van der Waals surface area contributed by atoms with Gasteiger partial charge in [-0.15, -0.1) is 0 Å². The molecule has 2 aliphatic rings. The number of rotatable bonds is 0. The van der Waals surface area contributed by atoms with Crippen molar-refractivity contribution in [2.75, 3.05) is 18.9 Å². The van der Waals surface area contributed by atoms with Crippen molar-refractivity contribution in [2.45, 2.75) is 12.8 Å². The number of aryl methyl sites for hydroxylation is 1. The van der Waals surface area contributed by atoms with E-state index in [-0.39, 0.29) is 11.8 Å². The molecule has 2 aliphatic heterocycles. The van der Waals surface area contributed by atoms with Gasteiger partial charge >= 0.3 is 0 Å². The second kappa shape index (κ2) is 3.07. The Labute approximate surface area is 93.2 Å². The van der Waals surface area contributed by atoms with Gasteiger partial charge in [0, 0.05) is 19.3 Å². The Morgan fingerprint density at radius 1 is 1.19 bits per heavy atom. The molecule has 1 N–H and O–H groups in total. The summed E-state index contributed by atoms with van der Waals surface area (Å²) in [6.07, 6.45) is 2.05. The minimum Gasteiger partial charge on any atom is -0.385 e. The topological polar surface area (TPSA) is 49.4 Å². The van der Waals surface area contributed by atoms with Crippen LogP contribution in [0.25, 0.3) is 0 Å². The Hall–Kier alpha value is -1.84. The zero-order valence-corrected chi connectivity index (χ0v) is 9.04. The summed E-state index contributed by atoms with van der Waals surface area (Å²) in [5.74, 6) is -0.386. The number of carbonyl (C=O) groups is 2. The fraction of sp³-hybridized carbons (Fsp3) is 0.333. The average molecular weight is 216 g/mol. The maximum absolute atomic E-state index is 11.8. The monoisotopic (exact) mass is 216 g/mol. The third-order valence-corrected chi connectivity index (χ3v) is 3.25. The second-order valence-corrected chi connectivity index (χ2v) is 4.25. The van der Waals surface area contributed by atoms with Crippen LogP contribution >= 0.6 is 0 Å². The zero-order chi connectivity index (χ0) is 11.3. The van der Waals surface area contributed by atoms with Gasteiger partial charge in [0.1, 0.15) is 0 Å². The van der Waals surface area contributed by atoms with Gasteiger partial charge in [-0.25, -0.2) is 0 Å². The Morgan fingerprint density at radius 3 is 2.62 bits per heavy atom. The maximum atomic E-state index is 11.8. The summed E-state index contributed by atoms with van der Waals surface area (Å²) in [7, 11) is 1.52. The molecule has 0 bridgehead atoms. The lowest BCUT2D eigenvalue weighted by Gasteiger charge is -2.18. The lowest BCUT2D eigenvalue weighted by Crippen LogP contribution is -2.24. The van der Waals surface area contributed by atoms with Crippen molar-refractivity contribution in [2.24, 2.45) is 0 Å². The van der Waals surface area contributed by atoms with Gasteiger partial charge in [0.2, 0.25) is 0 Å². The van der Waals surface area contributed by atoms with E-state index in [0.717, 1.165) is 30.6 Å². The van der Waals surface area contributed by atoms with E-state index >= 15 is 0 Å². The highest BCUT2D eigenvalue weighted by Crippen LogP contribution is 2.30. The van der Waals surface area contributed by atoms with E-state index in [1.807, 2.05) is 12.1 Å². The number of fused-ring (bicyclic) bond motifs is 2. The Morgan fingerprint density at radius 2 is 1.88 bits per heavy atom. The van der Waals surface area contributed by atoms with E-state index in [2.05, 4.69) is 5.32 Å². The van der Waals surface area contributed by atoms with Crippen molar-refractivity contribution < 1.29 is 9.59 Å². The van der Waals surface area contributed by atoms with Crippen molar-refractivity contribution >= 4 is 17.5 Å². The van der Waals surface area contributed by atoms with Crippen LogP contribution in [0, 0.1) is 0 Å². The number of nitrogens with zero attached hydrogens (tertiary/aromatic N) is 1. The number of imide groups is 1. The van der Waals surface area contributed by atoms with E-state index in [0.29, 0.717) is 11.1 Å². The third-order valence-electron chi connectivity index (χ3n) is 3.25.